The number of amides is 1. The maximum atomic E-state index is 14.3. The molecule has 4 aliphatic rings. The maximum absolute atomic E-state index is 14.3. The summed E-state index contributed by atoms with van der Waals surface area (Å²) in [7, 11) is 0. The highest BCUT2D eigenvalue weighted by atomic mass is 32.2. The number of hydrogen-bond acceptors (Lipinski definition) is 9. The summed E-state index contributed by atoms with van der Waals surface area (Å²) < 4.78 is 26.5. The number of allylic oxidation sites excluding steroid dienone is 1. The van der Waals surface area contributed by atoms with E-state index in [-0.39, 0.29) is 42.5 Å². The van der Waals surface area contributed by atoms with E-state index in [2.05, 4.69) is 24.5 Å². The molecule has 0 aliphatic carbocycles. The fourth-order valence-electron chi connectivity index (χ4n) is 6.17. The predicted octanol–water partition coefficient (Wildman–Crippen LogP) is 1.08. The van der Waals surface area contributed by atoms with Gasteiger partial charge in [-0.2, -0.15) is 0 Å². The van der Waals surface area contributed by atoms with Gasteiger partial charge in [0.1, 0.15) is 42.1 Å². The average molecular weight is 577 g/mol. The number of carboxylic acid groups (broad SMARTS) is 1. The Morgan fingerprint density at radius 1 is 1.23 bits per heavy atom. The first-order valence-electron chi connectivity index (χ1n) is 13.9. The third-order valence-corrected chi connectivity index (χ3v) is 9.33. The van der Waals surface area contributed by atoms with Gasteiger partial charge in [0.2, 0.25) is 5.91 Å². The smallest absolute Gasteiger partial charge is 0.290 e. The van der Waals surface area contributed by atoms with Crippen molar-refractivity contribution in [3.8, 4) is 0 Å². The molecule has 4 aliphatic heterocycles. The van der Waals surface area contributed by atoms with Crippen molar-refractivity contribution in [3.63, 3.8) is 0 Å². The molecule has 224 valence electrons. The van der Waals surface area contributed by atoms with Gasteiger partial charge in [-0.05, 0) is 49.4 Å². The summed E-state index contributed by atoms with van der Waals surface area (Å²) in [5.74, 6) is 1.01. The molecular weight excluding hydrogens is 531 g/mol. The van der Waals surface area contributed by atoms with Gasteiger partial charge in [-0.15, -0.1) is 11.8 Å². The van der Waals surface area contributed by atoms with Crippen LogP contribution in [0.2, 0.25) is 0 Å². The van der Waals surface area contributed by atoms with E-state index in [1.54, 1.807) is 6.08 Å². The minimum absolute atomic E-state index is 0.0945. The standard InChI is InChI=1S/C26H43FN2O6S.CH2O2/c1-13(2)9-15-7-8-34-23-16(10-15)11-28-19(23)25(33)29-18-14(3)5-4-6-17(27)12-36-26-22(32)20(30)21(31)24(18)35-26;2-1-3/h4-5,13-24,26,28,30-32H,6-12H2,1-3H3,(H,29,33);1H,(H,2,3)/b5-4-;/t14-,15+,16+,17-,18-,19+,20+,21-,22-,23-,24-,26-;/m1./s1. The van der Waals surface area contributed by atoms with Crippen LogP contribution >= 0.6 is 11.8 Å². The predicted molar refractivity (Wildman–Crippen MR) is 145 cm³/mol. The van der Waals surface area contributed by atoms with Crippen LogP contribution in [0.15, 0.2) is 12.2 Å². The summed E-state index contributed by atoms with van der Waals surface area (Å²) in [6, 6.07) is -1.22. The first-order chi connectivity index (χ1) is 18.6. The second-order valence-corrected chi connectivity index (χ2v) is 12.7. The molecule has 1 amide bonds. The molecule has 12 atom stereocenters. The van der Waals surface area contributed by atoms with Gasteiger partial charge in [-0.3, -0.25) is 9.59 Å². The quantitative estimate of drug-likeness (QED) is 0.211. The van der Waals surface area contributed by atoms with Crippen molar-refractivity contribution in [2.45, 2.75) is 101 Å². The second-order valence-electron chi connectivity index (χ2n) is 11.5. The number of rotatable bonds is 4. The van der Waals surface area contributed by atoms with Crippen molar-refractivity contribution in [2.75, 3.05) is 18.9 Å². The van der Waals surface area contributed by atoms with E-state index in [9.17, 15) is 24.5 Å². The zero-order valence-electron chi connectivity index (χ0n) is 22.9. The van der Waals surface area contributed by atoms with Gasteiger partial charge in [-0.1, -0.05) is 32.9 Å². The van der Waals surface area contributed by atoms with Gasteiger partial charge in [0, 0.05) is 18.9 Å². The van der Waals surface area contributed by atoms with Crippen molar-refractivity contribution < 1.29 is 43.9 Å². The van der Waals surface area contributed by atoms with E-state index < -0.39 is 48.1 Å². The number of hydrogen-bond donors (Lipinski definition) is 6. The van der Waals surface area contributed by atoms with E-state index in [1.807, 2.05) is 13.0 Å². The fourth-order valence-corrected chi connectivity index (χ4v) is 7.27. The third-order valence-electron chi connectivity index (χ3n) is 8.06. The minimum atomic E-state index is -1.47. The Balaban J connectivity index is 0.00000134. The Hall–Kier alpha value is -1.28. The highest BCUT2D eigenvalue weighted by molar-refractivity contribution is 7.99. The highest BCUT2D eigenvalue weighted by Gasteiger charge is 2.50. The molecule has 10 nitrogen and oxygen atoms in total. The van der Waals surface area contributed by atoms with Crippen LogP contribution in [0.3, 0.4) is 0 Å². The van der Waals surface area contributed by atoms with Crippen LogP contribution in [-0.2, 0) is 19.1 Å². The molecule has 4 rings (SSSR count). The van der Waals surface area contributed by atoms with Crippen LogP contribution in [0.5, 0.6) is 0 Å². The van der Waals surface area contributed by atoms with E-state index in [0.29, 0.717) is 25.0 Å². The topological polar surface area (TPSA) is 158 Å². The van der Waals surface area contributed by atoms with Crippen LogP contribution in [0.25, 0.3) is 0 Å². The summed E-state index contributed by atoms with van der Waals surface area (Å²) in [6.45, 7) is 7.42. The number of alkyl halides is 1. The van der Waals surface area contributed by atoms with Gasteiger partial charge in [-0.25, -0.2) is 4.39 Å². The Kier molecular flexibility index (Phi) is 12.5. The van der Waals surface area contributed by atoms with Crippen molar-refractivity contribution in [3.05, 3.63) is 12.2 Å². The number of ether oxygens (including phenoxy) is 2. The molecule has 2 bridgehead atoms. The number of halogens is 1. The number of aliphatic hydroxyl groups excluding tert-OH is 3. The molecule has 0 aromatic rings. The molecule has 0 spiro atoms. The molecule has 0 radical (unpaired) electrons. The molecule has 0 unspecified atom stereocenters. The largest absolute Gasteiger partial charge is 0.483 e. The van der Waals surface area contributed by atoms with Crippen molar-refractivity contribution >= 4 is 24.1 Å². The van der Waals surface area contributed by atoms with Crippen LogP contribution in [0.1, 0.15) is 46.5 Å². The first-order valence-corrected chi connectivity index (χ1v) is 15.0. The Bertz CT molecular complexity index is 823. The van der Waals surface area contributed by atoms with E-state index in [1.165, 1.54) is 0 Å². The molecule has 3 saturated heterocycles. The third kappa shape index (κ3) is 8.37. The molecule has 3 fully saturated rings. The lowest BCUT2D eigenvalue weighted by molar-refractivity contribution is -0.207. The SMILES string of the molecule is CC(C)C[C@@H]1CCO[C@@H]2[C@H](CN[C@@H]2C(=O)N[C@H]2[C@H]3O[C@H](SC[C@H](F)C/C=C\[C@H]2C)[C@H](O)[C@@H](O)[C@H]3O)C1.O=CO. The Labute approximate surface area is 234 Å². The van der Waals surface area contributed by atoms with Crippen LogP contribution in [-0.4, -0.2) is 106 Å². The average Bonchev–Trinajstić information content (AvgIpc) is 3.16. The molecule has 12 heteroatoms. The van der Waals surface area contributed by atoms with Crippen molar-refractivity contribution in [2.24, 2.45) is 23.7 Å². The molecule has 0 saturated carbocycles. The molecule has 39 heavy (non-hydrogen) atoms. The molecule has 0 aromatic carbocycles. The number of thioether (sulfide) groups is 1. The lowest BCUT2D eigenvalue weighted by Crippen LogP contribution is -2.65. The number of carbonyl (C=O) groups excluding carboxylic acids is 1. The highest BCUT2D eigenvalue weighted by Crippen LogP contribution is 2.35. The van der Waals surface area contributed by atoms with E-state index in [4.69, 9.17) is 19.4 Å². The maximum Gasteiger partial charge on any atom is 0.290 e. The second kappa shape index (κ2) is 15.1. The summed E-state index contributed by atoms with van der Waals surface area (Å²) in [4.78, 5) is 21.9. The Morgan fingerprint density at radius 3 is 2.64 bits per heavy atom. The van der Waals surface area contributed by atoms with Gasteiger partial charge in [0.15, 0.2) is 0 Å². The molecule has 4 heterocycles. The van der Waals surface area contributed by atoms with Crippen molar-refractivity contribution in [1.29, 1.82) is 0 Å². The van der Waals surface area contributed by atoms with Crippen molar-refractivity contribution in [1.82, 2.24) is 10.6 Å². The number of nitrogens with one attached hydrogen (secondary N) is 2. The van der Waals surface area contributed by atoms with Crippen LogP contribution in [0.4, 0.5) is 4.39 Å². The van der Waals surface area contributed by atoms with Gasteiger partial charge >= 0.3 is 0 Å². The lowest BCUT2D eigenvalue weighted by Gasteiger charge is -2.44. The summed E-state index contributed by atoms with van der Waals surface area (Å²) >= 11 is 1.08. The zero-order chi connectivity index (χ0) is 28.7. The van der Waals surface area contributed by atoms with Gasteiger partial charge < -0.3 is 40.5 Å². The summed E-state index contributed by atoms with van der Waals surface area (Å²) in [5.41, 5.74) is -0.909. The van der Waals surface area contributed by atoms with Crippen LogP contribution in [0, 0.1) is 23.7 Å². The lowest BCUT2D eigenvalue weighted by atomic mass is 9.85. The Morgan fingerprint density at radius 2 is 1.95 bits per heavy atom. The number of aliphatic hydroxyl groups is 3. The van der Waals surface area contributed by atoms with Crippen LogP contribution < -0.4 is 10.6 Å². The zero-order valence-corrected chi connectivity index (χ0v) is 23.7. The normalized spacial score (nSPS) is 43.6. The minimum Gasteiger partial charge on any atom is -0.483 e. The first kappa shape index (κ1) is 32.2. The molecule has 6 N–H and O–H groups in total. The summed E-state index contributed by atoms with van der Waals surface area (Å²) in [5, 5.41) is 45.1. The van der Waals surface area contributed by atoms with Gasteiger partial charge in [0.25, 0.3) is 6.47 Å². The van der Waals surface area contributed by atoms with E-state index >= 15 is 0 Å². The molecule has 0 aromatic heterocycles. The number of carbonyl (C=O) groups is 2. The van der Waals surface area contributed by atoms with E-state index in [0.717, 1.165) is 31.0 Å². The fraction of sp³-hybridized carbons (Fsp3) is 0.852. The summed E-state index contributed by atoms with van der Waals surface area (Å²) in [6.07, 6.45) is 0.396. The molecular formula is C27H45FN2O8S. The number of fused-ring (bicyclic) bond motifs is 3. The van der Waals surface area contributed by atoms with Gasteiger partial charge in [0.05, 0.1) is 12.1 Å². The monoisotopic (exact) mass is 576 g/mol.